The number of benzene rings is 1. The van der Waals surface area contributed by atoms with E-state index in [1.165, 1.54) is 18.9 Å². The average Bonchev–Trinajstić information content (AvgIpc) is 3.02. The summed E-state index contributed by atoms with van der Waals surface area (Å²) in [6, 6.07) is 6.90. The average molecular weight is 289 g/mol. The normalized spacial score (nSPS) is 16.6. The second-order valence-electron chi connectivity index (χ2n) is 5.46. The van der Waals surface area contributed by atoms with E-state index in [2.05, 4.69) is 17.1 Å². The highest BCUT2D eigenvalue weighted by atomic mass is 16.2. The largest absolute Gasteiger partial charge is 0.366 e. The minimum Gasteiger partial charge on any atom is -0.366 e. The number of rotatable bonds is 6. The van der Waals surface area contributed by atoms with Crippen molar-refractivity contribution in [3.63, 3.8) is 0 Å². The lowest BCUT2D eigenvalue weighted by Crippen LogP contribution is -2.42. The number of nitrogens with two attached hydrogens (primary N) is 1. The van der Waals surface area contributed by atoms with Crippen molar-refractivity contribution in [1.82, 2.24) is 10.2 Å². The predicted molar refractivity (Wildman–Crippen MR) is 82.2 cm³/mol. The molecule has 21 heavy (non-hydrogen) atoms. The van der Waals surface area contributed by atoms with E-state index in [1.807, 2.05) is 0 Å². The quantitative estimate of drug-likeness (QED) is 0.831. The number of carbonyl (C=O) groups is 2. The van der Waals surface area contributed by atoms with Gasteiger partial charge in [-0.3, -0.25) is 14.5 Å². The minimum absolute atomic E-state index is 0.157. The fourth-order valence-electron chi connectivity index (χ4n) is 2.76. The van der Waals surface area contributed by atoms with Gasteiger partial charge in [0.15, 0.2) is 0 Å². The fourth-order valence-corrected chi connectivity index (χ4v) is 2.76. The number of nitrogens with one attached hydrogen (secondary N) is 1. The number of hydrogen-bond acceptors (Lipinski definition) is 3. The van der Waals surface area contributed by atoms with E-state index in [-0.39, 0.29) is 5.91 Å². The van der Waals surface area contributed by atoms with Crippen LogP contribution in [0.15, 0.2) is 24.3 Å². The molecule has 1 fully saturated rings. The molecule has 1 aromatic rings. The second kappa shape index (κ2) is 7.22. The van der Waals surface area contributed by atoms with Gasteiger partial charge in [0.1, 0.15) is 0 Å². The van der Waals surface area contributed by atoms with Gasteiger partial charge < -0.3 is 11.1 Å². The van der Waals surface area contributed by atoms with Gasteiger partial charge in [0.25, 0.3) is 5.91 Å². The van der Waals surface area contributed by atoms with Gasteiger partial charge in [-0.05, 0) is 50.6 Å². The van der Waals surface area contributed by atoms with Crippen LogP contribution in [0.25, 0.3) is 0 Å². The predicted octanol–water partition coefficient (Wildman–Crippen LogP) is 1.39. The molecule has 0 bridgehead atoms. The zero-order valence-electron chi connectivity index (χ0n) is 12.5. The molecule has 0 saturated carbocycles. The maximum Gasteiger partial charge on any atom is 0.251 e. The Kier molecular flexibility index (Phi) is 5.33. The Hall–Kier alpha value is -1.88. The summed E-state index contributed by atoms with van der Waals surface area (Å²) in [4.78, 5) is 25.7. The first-order valence-electron chi connectivity index (χ1n) is 7.54. The molecule has 1 atom stereocenters. The van der Waals surface area contributed by atoms with Crippen LogP contribution < -0.4 is 11.1 Å². The molecule has 1 heterocycles. The molecule has 0 spiro atoms. The van der Waals surface area contributed by atoms with E-state index in [9.17, 15) is 9.59 Å². The summed E-state index contributed by atoms with van der Waals surface area (Å²) in [6.07, 6.45) is 3.50. The zero-order chi connectivity index (χ0) is 15.2. The highest BCUT2D eigenvalue weighted by Crippen LogP contribution is 2.13. The van der Waals surface area contributed by atoms with Crippen molar-refractivity contribution >= 4 is 11.8 Å². The molecule has 2 amide bonds. The number of likely N-dealkylation sites (tertiary alicyclic amines) is 1. The Morgan fingerprint density at radius 3 is 2.57 bits per heavy atom. The van der Waals surface area contributed by atoms with Crippen LogP contribution in [0, 0.1) is 0 Å². The van der Waals surface area contributed by atoms with Crippen molar-refractivity contribution in [1.29, 1.82) is 0 Å². The molecule has 114 valence electrons. The third kappa shape index (κ3) is 4.04. The maximum absolute atomic E-state index is 12.2. The first-order valence-corrected chi connectivity index (χ1v) is 7.54. The Bertz CT molecular complexity index is 510. The molecule has 1 saturated heterocycles. The van der Waals surface area contributed by atoms with Gasteiger partial charge in [0, 0.05) is 23.7 Å². The van der Waals surface area contributed by atoms with Crippen LogP contribution in [0.2, 0.25) is 0 Å². The lowest BCUT2D eigenvalue weighted by molar-refractivity contribution is 0.0937. The van der Waals surface area contributed by atoms with Crippen LogP contribution in [0.3, 0.4) is 0 Å². The van der Waals surface area contributed by atoms with E-state index in [0.29, 0.717) is 23.7 Å². The molecule has 0 aromatic heterocycles. The highest BCUT2D eigenvalue weighted by molar-refractivity contribution is 5.99. The summed E-state index contributed by atoms with van der Waals surface area (Å²) >= 11 is 0. The molecule has 1 aliphatic rings. The van der Waals surface area contributed by atoms with Crippen molar-refractivity contribution in [2.75, 3.05) is 19.6 Å². The Labute approximate surface area is 125 Å². The summed E-state index contributed by atoms with van der Waals surface area (Å²) in [5.41, 5.74) is 6.06. The number of hydrogen-bond donors (Lipinski definition) is 2. The van der Waals surface area contributed by atoms with Crippen molar-refractivity contribution in [3.8, 4) is 0 Å². The van der Waals surface area contributed by atoms with E-state index >= 15 is 0 Å². The number of carbonyl (C=O) groups excluding carboxylic acids is 2. The second-order valence-corrected chi connectivity index (χ2v) is 5.46. The fraction of sp³-hybridized carbons (Fsp3) is 0.500. The van der Waals surface area contributed by atoms with Crippen LogP contribution in [0.4, 0.5) is 0 Å². The van der Waals surface area contributed by atoms with Crippen molar-refractivity contribution < 1.29 is 9.59 Å². The lowest BCUT2D eigenvalue weighted by atomic mass is 10.1. The third-order valence-corrected chi connectivity index (χ3v) is 4.04. The van der Waals surface area contributed by atoms with Crippen LogP contribution >= 0.6 is 0 Å². The van der Waals surface area contributed by atoms with E-state index in [4.69, 9.17) is 5.73 Å². The topological polar surface area (TPSA) is 75.4 Å². The minimum atomic E-state index is -0.520. The molecule has 0 aliphatic carbocycles. The van der Waals surface area contributed by atoms with Crippen LogP contribution in [-0.2, 0) is 0 Å². The van der Waals surface area contributed by atoms with E-state index < -0.39 is 5.91 Å². The first-order chi connectivity index (χ1) is 10.1. The van der Waals surface area contributed by atoms with Crippen molar-refractivity contribution in [2.45, 2.75) is 32.2 Å². The highest BCUT2D eigenvalue weighted by Gasteiger charge is 2.21. The van der Waals surface area contributed by atoms with Gasteiger partial charge in [-0.15, -0.1) is 0 Å². The van der Waals surface area contributed by atoms with Gasteiger partial charge >= 0.3 is 0 Å². The molecular weight excluding hydrogens is 266 g/mol. The number of primary amides is 1. The van der Waals surface area contributed by atoms with Crippen molar-refractivity contribution in [3.05, 3.63) is 35.4 Å². The summed E-state index contributed by atoms with van der Waals surface area (Å²) < 4.78 is 0. The lowest BCUT2D eigenvalue weighted by Gasteiger charge is -2.26. The molecule has 0 radical (unpaired) electrons. The molecule has 2 rings (SSSR count). The number of amides is 2. The molecule has 3 N–H and O–H groups in total. The van der Waals surface area contributed by atoms with Gasteiger partial charge in [-0.2, -0.15) is 0 Å². The van der Waals surface area contributed by atoms with E-state index in [1.54, 1.807) is 18.2 Å². The third-order valence-electron chi connectivity index (χ3n) is 4.04. The smallest absolute Gasteiger partial charge is 0.251 e. The van der Waals surface area contributed by atoms with Crippen molar-refractivity contribution in [2.24, 2.45) is 5.73 Å². The molecular formula is C16H23N3O2. The Morgan fingerprint density at radius 2 is 1.95 bits per heavy atom. The monoisotopic (exact) mass is 289 g/mol. The SMILES string of the molecule is CC[C@@H](CNC(=O)c1cccc(C(N)=O)c1)N1CCCC1. The van der Waals surface area contributed by atoms with Crippen LogP contribution in [-0.4, -0.2) is 42.4 Å². The molecule has 5 heteroatoms. The van der Waals surface area contributed by atoms with Gasteiger partial charge in [0.2, 0.25) is 5.91 Å². The summed E-state index contributed by atoms with van der Waals surface area (Å²) in [7, 11) is 0. The van der Waals surface area contributed by atoms with Gasteiger partial charge in [0.05, 0.1) is 0 Å². The number of nitrogens with zero attached hydrogens (tertiary/aromatic N) is 1. The maximum atomic E-state index is 12.2. The van der Waals surface area contributed by atoms with Gasteiger partial charge in [-0.25, -0.2) is 0 Å². The summed E-state index contributed by atoms with van der Waals surface area (Å²) in [5.74, 6) is -0.677. The zero-order valence-corrected chi connectivity index (χ0v) is 12.5. The standard InChI is InChI=1S/C16H23N3O2/c1-2-14(19-8-3-4-9-19)11-18-16(21)13-7-5-6-12(10-13)15(17)20/h5-7,10,14H,2-4,8-9,11H2,1H3,(H2,17,20)(H,18,21)/t14-/m0/s1. The first kappa shape index (κ1) is 15.5. The summed E-state index contributed by atoms with van der Waals surface area (Å²) in [6.45, 7) is 5.01. The Balaban J connectivity index is 1.94. The van der Waals surface area contributed by atoms with E-state index in [0.717, 1.165) is 19.5 Å². The Morgan fingerprint density at radius 1 is 1.29 bits per heavy atom. The molecule has 1 aliphatic heterocycles. The van der Waals surface area contributed by atoms with Gasteiger partial charge in [-0.1, -0.05) is 13.0 Å². The summed E-state index contributed by atoms with van der Waals surface area (Å²) in [5, 5.41) is 2.96. The molecule has 0 unspecified atom stereocenters. The molecule has 5 nitrogen and oxygen atoms in total. The van der Waals surface area contributed by atoms with Crippen LogP contribution in [0.5, 0.6) is 0 Å². The van der Waals surface area contributed by atoms with Crippen LogP contribution in [0.1, 0.15) is 46.9 Å². The molecule has 1 aromatic carbocycles.